The molecule has 1 aliphatic rings. The van der Waals surface area contributed by atoms with Crippen molar-refractivity contribution in [3.05, 3.63) is 47.0 Å². The number of carbonyl (C=O) groups is 1. The first kappa shape index (κ1) is 14.3. The summed E-state index contributed by atoms with van der Waals surface area (Å²) < 4.78 is 0.918. The van der Waals surface area contributed by atoms with E-state index in [-0.39, 0.29) is 11.9 Å². The maximum Gasteiger partial charge on any atom is 0.222 e. The van der Waals surface area contributed by atoms with Gasteiger partial charge in [-0.2, -0.15) is 0 Å². The molecule has 0 unspecified atom stereocenters. The Morgan fingerprint density at radius 2 is 2.16 bits per heavy atom. The first-order valence-electron chi connectivity index (χ1n) is 6.56. The minimum atomic E-state index is 0.151. The summed E-state index contributed by atoms with van der Waals surface area (Å²) in [6.45, 7) is 6.14. The first-order chi connectivity index (χ1) is 9.16. The van der Waals surface area contributed by atoms with Gasteiger partial charge in [-0.25, -0.2) is 0 Å². The molecule has 1 heterocycles. The highest BCUT2D eigenvalue weighted by Crippen LogP contribution is 2.19. The maximum atomic E-state index is 11.8. The van der Waals surface area contributed by atoms with Crippen LogP contribution in [-0.4, -0.2) is 30.4 Å². The minimum Gasteiger partial charge on any atom is -0.341 e. The fraction of sp³-hybridized carbons (Fsp3) is 0.400. The van der Waals surface area contributed by atoms with Gasteiger partial charge < -0.3 is 10.2 Å². The molecule has 1 saturated heterocycles. The fourth-order valence-electron chi connectivity index (χ4n) is 2.32. The van der Waals surface area contributed by atoms with Crippen LogP contribution in [0.5, 0.6) is 0 Å². The van der Waals surface area contributed by atoms with E-state index in [0.29, 0.717) is 13.0 Å². The van der Waals surface area contributed by atoms with Crippen molar-refractivity contribution in [1.82, 2.24) is 10.2 Å². The van der Waals surface area contributed by atoms with Crippen LogP contribution in [0.1, 0.15) is 24.4 Å². The molecule has 0 aliphatic carbocycles. The van der Waals surface area contributed by atoms with Gasteiger partial charge in [0, 0.05) is 30.5 Å². The zero-order valence-electron chi connectivity index (χ0n) is 10.9. The third-order valence-electron chi connectivity index (χ3n) is 3.32. The summed E-state index contributed by atoms with van der Waals surface area (Å²) in [5, 5.41) is 3.44. The van der Waals surface area contributed by atoms with Gasteiger partial charge in [-0.3, -0.25) is 4.79 Å². The highest BCUT2D eigenvalue weighted by atomic mass is 79.9. The summed E-state index contributed by atoms with van der Waals surface area (Å²) in [5.74, 6) is 0.264. The lowest BCUT2D eigenvalue weighted by atomic mass is 10.1. The number of amides is 1. The summed E-state index contributed by atoms with van der Waals surface area (Å²) in [4.78, 5) is 13.7. The molecule has 1 aromatic carbocycles. The van der Waals surface area contributed by atoms with Crippen LogP contribution in [-0.2, 0) is 4.79 Å². The topological polar surface area (TPSA) is 32.3 Å². The standard InChI is InChI=1S/C15H19BrN2O/c1-12(16)10-17-14(13-6-3-2-4-7-13)11-18-9-5-8-15(18)19/h2-4,6-7,14,17H,1,5,8-11H2/t14-/m1/s1. The van der Waals surface area contributed by atoms with Gasteiger partial charge in [0.15, 0.2) is 0 Å². The molecule has 0 saturated carbocycles. The van der Waals surface area contributed by atoms with E-state index in [0.717, 1.165) is 24.0 Å². The van der Waals surface area contributed by atoms with Crippen molar-refractivity contribution in [1.29, 1.82) is 0 Å². The van der Waals surface area contributed by atoms with Crippen molar-refractivity contribution >= 4 is 21.8 Å². The van der Waals surface area contributed by atoms with E-state index in [1.807, 2.05) is 23.1 Å². The molecule has 19 heavy (non-hydrogen) atoms. The Bertz CT molecular complexity index is 447. The second kappa shape index (κ2) is 6.87. The summed E-state index contributed by atoms with van der Waals surface area (Å²) >= 11 is 3.36. The molecule has 2 rings (SSSR count). The third kappa shape index (κ3) is 4.18. The van der Waals surface area contributed by atoms with Crippen LogP contribution >= 0.6 is 15.9 Å². The zero-order chi connectivity index (χ0) is 13.7. The van der Waals surface area contributed by atoms with Crippen LogP contribution in [0.4, 0.5) is 0 Å². The van der Waals surface area contributed by atoms with E-state index in [1.165, 1.54) is 5.56 Å². The van der Waals surface area contributed by atoms with Gasteiger partial charge in [-0.1, -0.05) is 52.8 Å². The number of nitrogens with one attached hydrogen (secondary N) is 1. The molecule has 1 aliphatic heterocycles. The average molecular weight is 323 g/mol. The lowest BCUT2D eigenvalue weighted by Crippen LogP contribution is -2.36. The minimum absolute atomic E-state index is 0.151. The maximum absolute atomic E-state index is 11.8. The highest BCUT2D eigenvalue weighted by Gasteiger charge is 2.23. The first-order valence-corrected chi connectivity index (χ1v) is 7.35. The number of carbonyl (C=O) groups excluding carboxylic acids is 1. The SMILES string of the molecule is C=C(Br)CN[C@H](CN1CCCC1=O)c1ccccc1. The molecule has 0 spiro atoms. The lowest BCUT2D eigenvalue weighted by molar-refractivity contribution is -0.128. The number of rotatable bonds is 6. The Morgan fingerprint density at radius 3 is 2.74 bits per heavy atom. The largest absolute Gasteiger partial charge is 0.341 e. The number of nitrogens with zero attached hydrogens (tertiary/aromatic N) is 1. The number of halogens is 1. The molecule has 0 bridgehead atoms. The van der Waals surface area contributed by atoms with Crippen LogP contribution in [0, 0.1) is 0 Å². The lowest BCUT2D eigenvalue weighted by Gasteiger charge is -2.25. The molecule has 1 N–H and O–H groups in total. The molecular formula is C15H19BrN2O. The van der Waals surface area contributed by atoms with E-state index < -0.39 is 0 Å². The molecule has 3 nitrogen and oxygen atoms in total. The quantitative estimate of drug-likeness (QED) is 0.873. The highest BCUT2D eigenvalue weighted by molar-refractivity contribution is 9.11. The number of likely N-dealkylation sites (tertiary alicyclic amines) is 1. The molecule has 4 heteroatoms. The van der Waals surface area contributed by atoms with Gasteiger partial charge in [-0.05, 0) is 12.0 Å². The summed E-state index contributed by atoms with van der Waals surface area (Å²) in [5.41, 5.74) is 1.20. The number of benzene rings is 1. The Labute approximate surface area is 122 Å². The van der Waals surface area contributed by atoms with Crippen molar-refractivity contribution < 1.29 is 4.79 Å². The van der Waals surface area contributed by atoms with Gasteiger partial charge in [0.2, 0.25) is 5.91 Å². The van der Waals surface area contributed by atoms with Gasteiger partial charge in [0.25, 0.3) is 0 Å². The van der Waals surface area contributed by atoms with Crippen LogP contribution in [0.3, 0.4) is 0 Å². The van der Waals surface area contributed by atoms with E-state index >= 15 is 0 Å². The van der Waals surface area contributed by atoms with Crippen molar-refractivity contribution in [3.63, 3.8) is 0 Å². The normalized spacial score (nSPS) is 16.7. The number of hydrogen-bond acceptors (Lipinski definition) is 2. The molecule has 102 valence electrons. The molecule has 1 atom stereocenters. The number of hydrogen-bond donors (Lipinski definition) is 1. The second-order valence-corrected chi connectivity index (χ2v) is 5.93. The molecule has 0 radical (unpaired) electrons. The molecule has 0 aromatic heterocycles. The summed E-state index contributed by atoms with van der Waals surface area (Å²) in [7, 11) is 0. The van der Waals surface area contributed by atoms with Crippen LogP contribution in [0.15, 0.2) is 41.4 Å². The van der Waals surface area contributed by atoms with Crippen molar-refractivity contribution in [2.24, 2.45) is 0 Å². The molecule has 1 fully saturated rings. The predicted molar refractivity (Wildman–Crippen MR) is 81.1 cm³/mol. The van der Waals surface area contributed by atoms with E-state index in [2.05, 4.69) is 40.0 Å². The Morgan fingerprint density at radius 1 is 1.42 bits per heavy atom. The van der Waals surface area contributed by atoms with Gasteiger partial charge in [-0.15, -0.1) is 0 Å². The van der Waals surface area contributed by atoms with Gasteiger partial charge in [0.1, 0.15) is 0 Å². The van der Waals surface area contributed by atoms with Crippen molar-refractivity contribution in [3.8, 4) is 0 Å². The van der Waals surface area contributed by atoms with Crippen LogP contribution in [0.2, 0.25) is 0 Å². The van der Waals surface area contributed by atoms with Gasteiger partial charge >= 0.3 is 0 Å². The second-order valence-electron chi connectivity index (χ2n) is 4.80. The zero-order valence-corrected chi connectivity index (χ0v) is 12.5. The summed E-state index contributed by atoms with van der Waals surface area (Å²) in [6, 6.07) is 10.4. The van der Waals surface area contributed by atoms with Crippen molar-refractivity contribution in [2.45, 2.75) is 18.9 Å². The van der Waals surface area contributed by atoms with E-state index in [4.69, 9.17) is 0 Å². The molecular weight excluding hydrogens is 304 g/mol. The van der Waals surface area contributed by atoms with E-state index in [1.54, 1.807) is 0 Å². The van der Waals surface area contributed by atoms with E-state index in [9.17, 15) is 4.79 Å². The molecule has 1 amide bonds. The predicted octanol–water partition coefficient (Wildman–Crippen LogP) is 2.85. The van der Waals surface area contributed by atoms with Crippen LogP contribution < -0.4 is 5.32 Å². The smallest absolute Gasteiger partial charge is 0.222 e. The average Bonchev–Trinajstić information content (AvgIpc) is 2.81. The fourth-order valence-corrected chi connectivity index (χ4v) is 2.49. The summed E-state index contributed by atoms with van der Waals surface area (Å²) in [6.07, 6.45) is 1.66. The Hall–Kier alpha value is -1.13. The van der Waals surface area contributed by atoms with Gasteiger partial charge in [0.05, 0.1) is 6.04 Å². The molecule has 1 aromatic rings. The Balaban J connectivity index is 2.05. The van der Waals surface area contributed by atoms with Crippen molar-refractivity contribution in [2.75, 3.05) is 19.6 Å². The monoisotopic (exact) mass is 322 g/mol. The third-order valence-corrected chi connectivity index (χ3v) is 3.60. The van der Waals surface area contributed by atoms with Crippen LogP contribution in [0.25, 0.3) is 0 Å². The Kier molecular flexibility index (Phi) is 5.16.